The first-order valence-electron chi connectivity index (χ1n) is 8.95. The lowest BCUT2D eigenvalue weighted by Crippen LogP contribution is -2.37. The molecule has 1 aliphatic rings. The number of likely N-dealkylation sites (tertiary alicyclic amines) is 1. The maximum absolute atomic E-state index is 12.3. The van der Waals surface area contributed by atoms with Gasteiger partial charge in [0.1, 0.15) is 12.1 Å². The molecule has 3 rings (SSSR count). The molecule has 0 spiro atoms. The monoisotopic (exact) mass is 343 g/mol. The molecule has 1 amide bonds. The molecular weight excluding hydrogens is 318 g/mol. The molecule has 7 nitrogen and oxygen atoms in total. The second-order valence-electron chi connectivity index (χ2n) is 6.80. The van der Waals surface area contributed by atoms with Crippen LogP contribution in [0.2, 0.25) is 0 Å². The van der Waals surface area contributed by atoms with Gasteiger partial charge in [-0.25, -0.2) is 4.68 Å². The van der Waals surface area contributed by atoms with E-state index in [-0.39, 0.29) is 18.0 Å². The van der Waals surface area contributed by atoms with Gasteiger partial charge < -0.3 is 10.2 Å². The Morgan fingerprint density at radius 3 is 2.84 bits per heavy atom. The summed E-state index contributed by atoms with van der Waals surface area (Å²) in [5.41, 5.74) is 0.253. The zero-order chi connectivity index (χ0) is 17.6. The van der Waals surface area contributed by atoms with E-state index in [1.165, 1.54) is 12.8 Å². The Labute approximate surface area is 147 Å². The van der Waals surface area contributed by atoms with Gasteiger partial charge in [0, 0.05) is 6.54 Å². The predicted octanol–water partition coefficient (Wildman–Crippen LogP) is 1.03. The maximum Gasteiger partial charge on any atom is 0.278 e. The van der Waals surface area contributed by atoms with E-state index in [2.05, 4.69) is 27.5 Å². The van der Waals surface area contributed by atoms with Gasteiger partial charge in [0.15, 0.2) is 0 Å². The molecule has 134 valence electrons. The highest BCUT2D eigenvalue weighted by atomic mass is 16.2. The van der Waals surface area contributed by atoms with Crippen molar-refractivity contribution in [2.75, 3.05) is 26.2 Å². The van der Waals surface area contributed by atoms with Crippen LogP contribution in [0.25, 0.3) is 10.9 Å². The van der Waals surface area contributed by atoms with Crippen LogP contribution in [-0.4, -0.2) is 52.0 Å². The molecule has 1 aromatic heterocycles. The van der Waals surface area contributed by atoms with E-state index in [9.17, 15) is 9.59 Å². The van der Waals surface area contributed by atoms with Gasteiger partial charge in [0.25, 0.3) is 5.56 Å². The van der Waals surface area contributed by atoms with Crippen LogP contribution < -0.4 is 10.9 Å². The minimum Gasteiger partial charge on any atom is -0.354 e. The highest BCUT2D eigenvalue weighted by Gasteiger charge is 2.15. The number of hydrogen-bond donors (Lipinski definition) is 1. The number of amides is 1. The number of piperidine rings is 1. The average molecular weight is 343 g/mol. The van der Waals surface area contributed by atoms with Crippen molar-refractivity contribution in [1.82, 2.24) is 25.2 Å². The van der Waals surface area contributed by atoms with Crippen molar-refractivity contribution in [2.45, 2.75) is 32.7 Å². The topological polar surface area (TPSA) is 80.1 Å². The van der Waals surface area contributed by atoms with Gasteiger partial charge in [-0.15, -0.1) is 5.10 Å². The minimum absolute atomic E-state index is 0.0993. The Bertz CT molecular complexity index is 780. The van der Waals surface area contributed by atoms with Crippen molar-refractivity contribution in [1.29, 1.82) is 0 Å². The number of benzene rings is 1. The lowest BCUT2D eigenvalue weighted by molar-refractivity contribution is -0.121. The number of carbonyl (C=O) groups excluding carboxylic acids is 1. The van der Waals surface area contributed by atoms with Gasteiger partial charge >= 0.3 is 0 Å². The average Bonchev–Trinajstić information content (AvgIpc) is 2.63. The van der Waals surface area contributed by atoms with Crippen LogP contribution in [0.1, 0.15) is 26.2 Å². The fourth-order valence-corrected chi connectivity index (χ4v) is 3.14. The Balaban J connectivity index is 1.45. The van der Waals surface area contributed by atoms with Crippen molar-refractivity contribution >= 4 is 16.8 Å². The lowest BCUT2D eigenvalue weighted by atomic mass is 9.99. The number of carbonyl (C=O) groups is 1. The third-order valence-corrected chi connectivity index (χ3v) is 4.77. The summed E-state index contributed by atoms with van der Waals surface area (Å²) in [6.07, 6.45) is 3.43. The van der Waals surface area contributed by atoms with Crippen molar-refractivity contribution in [3.8, 4) is 0 Å². The molecule has 2 heterocycles. The van der Waals surface area contributed by atoms with Crippen LogP contribution in [0, 0.1) is 5.92 Å². The number of fused-ring (bicyclic) bond motifs is 1. The SMILES string of the molecule is CC1CCN(CCCNC(=O)Cn2nnc3ccccc3c2=O)CC1. The molecule has 0 atom stereocenters. The van der Waals surface area contributed by atoms with Crippen molar-refractivity contribution < 1.29 is 4.79 Å². The summed E-state index contributed by atoms with van der Waals surface area (Å²) in [6.45, 7) is 6.12. The zero-order valence-corrected chi connectivity index (χ0v) is 14.6. The standard InChI is InChI=1S/C18H25N5O2/c1-14-7-11-22(12-8-14)10-4-9-19-17(24)13-23-18(25)15-5-2-3-6-16(15)20-21-23/h2-3,5-6,14H,4,7-13H2,1H3,(H,19,24). The van der Waals surface area contributed by atoms with Gasteiger partial charge in [-0.05, 0) is 56.9 Å². The molecule has 7 heteroatoms. The first kappa shape index (κ1) is 17.5. The molecule has 1 aliphatic heterocycles. The highest BCUT2D eigenvalue weighted by molar-refractivity contribution is 5.78. The lowest BCUT2D eigenvalue weighted by Gasteiger charge is -2.30. The molecule has 0 unspecified atom stereocenters. The van der Waals surface area contributed by atoms with Crippen molar-refractivity contribution in [2.24, 2.45) is 5.92 Å². The zero-order valence-electron chi connectivity index (χ0n) is 14.6. The Kier molecular flexibility index (Phi) is 5.75. The molecule has 25 heavy (non-hydrogen) atoms. The first-order chi connectivity index (χ1) is 12.1. The summed E-state index contributed by atoms with van der Waals surface area (Å²) in [5.74, 6) is 0.622. The normalized spacial score (nSPS) is 16.2. The molecule has 2 aromatic rings. The summed E-state index contributed by atoms with van der Waals surface area (Å²) < 4.78 is 1.11. The number of nitrogens with zero attached hydrogens (tertiary/aromatic N) is 4. The van der Waals surface area contributed by atoms with E-state index in [4.69, 9.17) is 0 Å². The van der Waals surface area contributed by atoms with E-state index in [0.29, 0.717) is 17.4 Å². The summed E-state index contributed by atoms with van der Waals surface area (Å²) in [6, 6.07) is 7.00. The van der Waals surface area contributed by atoms with Gasteiger partial charge in [-0.2, -0.15) is 0 Å². The summed E-state index contributed by atoms with van der Waals surface area (Å²) in [5, 5.41) is 11.2. The second-order valence-corrected chi connectivity index (χ2v) is 6.80. The van der Waals surface area contributed by atoms with Crippen molar-refractivity contribution in [3.05, 3.63) is 34.6 Å². The van der Waals surface area contributed by atoms with E-state index >= 15 is 0 Å². The van der Waals surface area contributed by atoms with E-state index < -0.39 is 0 Å². The molecule has 0 bridgehead atoms. The molecule has 1 saturated heterocycles. The number of rotatable bonds is 6. The van der Waals surface area contributed by atoms with Crippen LogP contribution in [0.4, 0.5) is 0 Å². The Hall–Kier alpha value is -2.28. The van der Waals surface area contributed by atoms with Gasteiger partial charge in [-0.1, -0.05) is 24.3 Å². The first-order valence-corrected chi connectivity index (χ1v) is 8.95. The third kappa shape index (κ3) is 4.63. The van der Waals surface area contributed by atoms with Crippen LogP contribution >= 0.6 is 0 Å². The Morgan fingerprint density at radius 1 is 1.28 bits per heavy atom. The molecular formula is C18H25N5O2. The summed E-state index contributed by atoms with van der Waals surface area (Å²) >= 11 is 0. The van der Waals surface area contributed by atoms with Crippen LogP contribution in [0.3, 0.4) is 0 Å². The molecule has 0 saturated carbocycles. The molecule has 1 aromatic carbocycles. The van der Waals surface area contributed by atoms with Crippen LogP contribution in [0.5, 0.6) is 0 Å². The molecule has 1 fully saturated rings. The third-order valence-electron chi connectivity index (χ3n) is 4.77. The van der Waals surface area contributed by atoms with E-state index in [0.717, 1.165) is 36.7 Å². The second kappa shape index (κ2) is 8.20. The fourth-order valence-electron chi connectivity index (χ4n) is 3.14. The smallest absolute Gasteiger partial charge is 0.278 e. The summed E-state index contributed by atoms with van der Waals surface area (Å²) in [4.78, 5) is 26.8. The number of aromatic nitrogens is 3. The fraction of sp³-hybridized carbons (Fsp3) is 0.556. The number of hydrogen-bond acceptors (Lipinski definition) is 5. The largest absolute Gasteiger partial charge is 0.354 e. The van der Waals surface area contributed by atoms with Crippen LogP contribution in [0.15, 0.2) is 29.1 Å². The highest BCUT2D eigenvalue weighted by Crippen LogP contribution is 2.15. The Morgan fingerprint density at radius 2 is 2.04 bits per heavy atom. The van der Waals surface area contributed by atoms with Crippen molar-refractivity contribution in [3.63, 3.8) is 0 Å². The molecule has 1 N–H and O–H groups in total. The maximum atomic E-state index is 12.3. The van der Waals surface area contributed by atoms with Gasteiger partial charge in [0.2, 0.25) is 5.91 Å². The molecule has 0 aliphatic carbocycles. The van der Waals surface area contributed by atoms with E-state index in [1.807, 2.05) is 0 Å². The number of nitrogens with one attached hydrogen (secondary N) is 1. The minimum atomic E-state index is -0.289. The van der Waals surface area contributed by atoms with Crippen LogP contribution in [-0.2, 0) is 11.3 Å². The van der Waals surface area contributed by atoms with E-state index in [1.54, 1.807) is 24.3 Å². The predicted molar refractivity (Wildman–Crippen MR) is 96.3 cm³/mol. The van der Waals surface area contributed by atoms with Gasteiger partial charge in [-0.3, -0.25) is 9.59 Å². The van der Waals surface area contributed by atoms with Gasteiger partial charge in [0.05, 0.1) is 5.39 Å². The molecule has 0 radical (unpaired) electrons. The summed E-state index contributed by atoms with van der Waals surface area (Å²) in [7, 11) is 0. The quantitative estimate of drug-likeness (QED) is 0.793.